The van der Waals surface area contributed by atoms with Crippen LogP contribution in [0.5, 0.6) is 0 Å². The van der Waals surface area contributed by atoms with E-state index in [1.54, 1.807) is 67.6 Å². The van der Waals surface area contributed by atoms with Crippen LogP contribution in [0.25, 0.3) is 11.1 Å². The summed E-state index contributed by atoms with van der Waals surface area (Å²) in [6.45, 7) is 3.01. The molecule has 0 radical (unpaired) electrons. The monoisotopic (exact) mass is 820 g/mol. The number of amides is 1. The van der Waals surface area contributed by atoms with E-state index in [0.29, 0.717) is 43.8 Å². The number of carbonyl (C=O) groups is 1. The molecule has 0 fully saturated rings. The fourth-order valence-corrected chi connectivity index (χ4v) is 7.33. The van der Waals surface area contributed by atoms with Gasteiger partial charge in [0.1, 0.15) is 33.3 Å². The highest BCUT2D eigenvalue weighted by atomic mass is 35.5. The number of nitrogens with one attached hydrogen (secondary N) is 3. The molecule has 2 heterocycles. The zero-order valence-electron chi connectivity index (χ0n) is 29.1. The van der Waals surface area contributed by atoms with Gasteiger partial charge in [0.2, 0.25) is 5.91 Å². The fraction of sp³-hybridized carbons (Fsp3) is 0.0526. The van der Waals surface area contributed by atoms with Crippen molar-refractivity contribution in [2.75, 3.05) is 16.0 Å². The van der Waals surface area contributed by atoms with Gasteiger partial charge in [-0.2, -0.15) is 18.9 Å². The van der Waals surface area contributed by atoms with Crippen molar-refractivity contribution in [1.29, 1.82) is 10.5 Å². The fourth-order valence-electron chi connectivity index (χ4n) is 5.29. The molecule has 0 unspecified atom stereocenters. The van der Waals surface area contributed by atoms with Crippen molar-refractivity contribution in [3.05, 3.63) is 124 Å². The Morgan fingerprint density at radius 2 is 1.46 bits per heavy atom. The molecule has 0 atom stereocenters. The van der Waals surface area contributed by atoms with Crippen LogP contribution in [0.3, 0.4) is 0 Å². The second-order valence-corrected chi connectivity index (χ2v) is 14.9. The maximum atomic E-state index is 11.9. The number of halogens is 2. The highest BCUT2D eigenvalue weighted by Gasteiger charge is 2.23. The third-order valence-corrected chi connectivity index (χ3v) is 10.4. The van der Waals surface area contributed by atoms with Crippen molar-refractivity contribution in [2.45, 2.75) is 18.7 Å². The van der Waals surface area contributed by atoms with Crippen molar-refractivity contribution in [3.63, 3.8) is 0 Å². The highest BCUT2D eigenvalue weighted by Crippen LogP contribution is 2.49. The van der Waals surface area contributed by atoms with Crippen LogP contribution in [0.4, 0.5) is 50.1 Å². The minimum atomic E-state index is -4.67. The van der Waals surface area contributed by atoms with Crippen LogP contribution in [0.15, 0.2) is 122 Å². The number of nitrogens with zero attached hydrogens (tertiary/aromatic N) is 7. The molecule has 2 aromatic heterocycles. The molecule has 14 nitrogen and oxygen atoms in total. The Balaban J connectivity index is 1.50. The molecule has 56 heavy (non-hydrogen) atoms. The molecule has 0 spiro atoms. The van der Waals surface area contributed by atoms with Gasteiger partial charge < -0.3 is 16.0 Å². The number of azo groups is 2. The second kappa shape index (κ2) is 16.9. The average Bonchev–Trinajstić information content (AvgIpc) is 3.52. The van der Waals surface area contributed by atoms with Gasteiger partial charge in [-0.1, -0.05) is 64.9 Å². The molecule has 18 heteroatoms. The standard InChI is InChI=1S/C38H26Cl2N10O4S2/c1-21-29(19-41)35(45-28-15-16-31(40)32(18-28)56(52,53)54)46-36(44-25-13-11-24(39)12-14-25)34(21)48-49-37-30(20-42)33(23-7-6-10-27(17-23)43-22(2)51)38(55-37)50-47-26-8-4-3-5-9-26/h3-18H,1-2H3,(H,43,51)(H2,44,45,46)(H,52,53,54). The maximum absolute atomic E-state index is 11.9. The summed E-state index contributed by atoms with van der Waals surface area (Å²) in [7, 11) is -4.67. The summed E-state index contributed by atoms with van der Waals surface area (Å²) in [4.78, 5) is 15.9. The van der Waals surface area contributed by atoms with Crippen molar-refractivity contribution in [3.8, 4) is 23.3 Å². The van der Waals surface area contributed by atoms with Crippen LogP contribution in [-0.2, 0) is 14.9 Å². The Labute approximate surface area is 334 Å². The maximum Gasteiger partial charge on any atom is 0.296 e. The first-order valence-corrected chi connectivity index (χ1v) is 19.2. The van der Waals surface area contributed by atoms with Gasteiger partial charge in [-0.15, -0.1) is 20.5 Å². The van der Waals surface area contributed by atoms with Gasteiger partial charge in [0.25, 0.3) is 10.1 Å². The minimum Gasteiger partial charge on any atom is -0.339 e. The number of rotatable bonds is 11. The van der Waals surface area contributed by atoms with Crippen LogP contribution in [0.1, 0.15) is 23.6 Å². The summed E-state index contributed by atoms with van der Waals surface area (Å²) < 4.78 is 33.6. The summed E-state index contributed by atoms with van der Waals surface area (Å²) in [6, 6.07) is 30.8. The smallest absolute Gasteiger partial charge is 0.296 e. The molecule has 0 saturated carbocycles. The lowest BCUT2D eigenvalue weighted by atomic mass is 10.0. The third kappa shape index (κ3) is 9.04. The third-order valence-electron chi connectivity index (χ3n) is 7.81. The largest absolute Gasteiger partial charge is 0.339 e. The van der Waals surface area contributed by atoms with Crippen molar-refractivity contribution in [1.82, 2.24) is 4.98 Å². The molecule has 0 aliphatic carbocycles. The van der Waals surface area contributed by atoms with Crippen molar-refractivity contribution < 1.29 is 17.8 Å². The minimum absolute atomic E-state index is 0.0165. The lowest BCUT2D eigenvalue weighted by molar-refractivity contribution is -0.114. The van der Waals surface area contributed by atoms with Crippen LogP contribution in [-0.4, -0.2) is 23.9 Å². The molecular weight excluding hydrogens is 796 g/mol. The molecule has 6 rings (SSSR count). The number of anilines is 5. The van der Waals surface area contributed by atoms with Crippen LogP contribution < -0.4 is 16.0 Å². The Hall–Kier alpha value is -6.53. The summed E-state index contributed by atoms with van der Waals surface area (Å²) in [5.41, 5.74) is 3.38. The van der Waals surface area contributed by atoms with Gasteiger partial charge in [0.15, 0.2) is 16.6 Å². The van der Waals surface area contributed by atoms with Crippen LogP contribution in [0, 0.1) is 29.6 Å². The normalized spacial score (nSPS) is 11.3. The van der Waals surface area contributed by atoms with E-state index in [2.05, 4.69) is 53.5 Å². The van der Waals surface area contributed by atoms with E-state index in [-0.39, 0.29) is 50.1 Å². The van der Waals surface area contributed by atoms with E-state index in [1.165, 1.54) is 19.1 Å². The van der Waals surface area contributed by atoms with Crippen LogP contribution >= 0.6 is 34.5 Å². The van der Waals surface area contributed by atoms with Crippen LogP contribution in [0.2, 0.25) is 10.0 Å². The molecule has 4 N–H and O–H groups in total. The second-order valence-electron chi connectivity index (χ2n) is 11.7. The summed E-state index contributed by atoms with van der Waals surface area (Å²) in [5.74, 6) is -0.128. The molecule has 4 aromatic carbocycles. The van der Waals surface area contributed by atoms with E-state index in [1.807, 2.05) is 18.2 Å². The lowest BCUT2D eigenvalue weighted by Gasteiger charge is -2.16. The summed E-state index contributed by atoms with van der Waals surface area (Å²) in [5, 5.41) is 48.4. The summed E-state index contributed by atoms with van der Waals surface area (Å²) >= 11 is 13.2. The average molecular weight is 822 g/mol. The number of aromatic nitrogens is 1. The quantitative estimate of drug-likeness (QED) is 0.0720. The number of benzene rings is 4. The van der Waals surface area contributed by atoms with Crippen molar-refractivity contribution >= 4 is 101 Å². The molecule has 6 aromatic rings. The first-order valence-electron chi connectivity index (χ1n) is 16.2. The van der Waals surface area contributed by atoms with Gasteiger partial charge in [-0.3, -0.25) is 9.35 Å². The number of pyridine rings is 1. The first-order chi connectivity index (χ1) is 26.8. The Bertz CT molecular complexity index is 2740. The topological polar surface area (TPSA) is 217 Å². The number of carbonyl (C=O) groups excluding carboxylic acids is 1. The lowest BCUT2D eigenvalue weighted by Crippen LogP contribution is -2.05. The Morgan fingerprint density at radius 1 is 0.786 bits per heavy atom. The van der Waals surface area contributed by atoms with Gasteiger partial charge in [0.05, 0.1) is 16.3 Å². The zero-order chi connectivity index (χ0) is 40.0. The van der Waals surface area contributed by atoms with E-state index in [9.17, 15) is 28.3 Å². The first kappa shape index (κ1) is 39.2. The number of hydrogen-bond acceptors (Lipinski definition) is 13. The highest BCUT2D eigenvalue weighted by molar-refractivity contribution is 7.86. The van der Waals surface area contributed by atoms with Gasteiger partial charge >= 0.3 is 0 Å². The summed E-state index contributed by atoms with van der Waals surface area (Å²) in [6.07, 6.45) is 0. The molecule has 0 saturated heterocycles. The van der Waals surface area contributed by atoms with Gasteiger partial charge in [-0.05, 0) is 79.2 Å². The molecule has 0 aliphatic rings. The zero-order valence-corrected chi connectivity index (χ0v) is 32.3. The molecule has 0 bridgehead atoms. The molecule has 0 aliphatic heterocycles. The van der Waals surface area contributed by atoms with E-state index in [4.69, 9.17) is 23.2 Å². The predicted octanol–water partition coefficient (Wildman–Crippen LogP) is 11.7. The number of nitriles is 2. The Kier molecular flexibility index (Phi) is 11.8. The number of hydrogen-bond donors (Lipinski definition) is 4. The SMILES string of the molecule is CC(=O)Nc1cccc(-c2c(N=Nc3ccccc3)sc(N=Nc3c(Nc4ccc(Cl)cc4)nc(Nc4ccc(Cl)c(S(=O)(=O)O)c4)c(C#N)c3C)c2C#N)c1. The molecule has 1 amide bonds. The number of thiophene rings is 1. The van der Waals surface area contributed by atoms with E-state index >= 15 is 0 Å². The molecular formula is C38H26Cl2N10O4S2. The van der Waals surface area contributed by atoms with Crippen molar-refractivity contribution in [2.24, 2.45) is 20.5 Å². The van der Waals surface area contributed by atoms with Gasteiger partial charge in [-0.25, -0.2) is 4.98 Å². The Morgan fingerprint density at radius 3 is 2.14 bits per heavy atom. The van der Waals surface area contributed by atoms with E-state index < -0.39 is 15.0 Å². The predicted molar refractivity (Wildman–Crippen MR) is 217 cm³/mol. The molecule has 278 valence electrons. The van der Waals surface area contributed by atoms with Gasteiger partial charge in [0, 0.05) is 40.1 Å². The van der Waals surface area contributed by atoms with E-state index in [0.717, 1.165) is 17.4 Å².